The zero-order chi connectivity index (χ0) is 11.8. The van der Waals surface area contributed by atoms with Gasteiger partial charge in [-0.15, -0.1) is 0 Å². The number of phenols is 1. The highest BCUT2D eigenvalue weighted by Gasteiger charge is 2.24. The number of aromatic nitrogens is 2. The molecule has 1 fully saturated rings. The van der Waals surface area contributed by atoms with Crippen molar-refractivity contribution in [2.45, 2.75) is 31.7 Å². The molecule has 1 saturated carbocycles. The molecule has 0 unspecified atom stereocenters. The minimum Gasteiger partial charge on any atom is -0.506 e. The van der Waals surface area contributed by atoms with Gasteiger partial charge in [0.2, 0.25) is 0 Å². The highest BCUT2D eigenvalue weighted by Crippen LogP contribution is 2.37. The van der Waals surface area contributed by atoms with Crippen LogP contribution in [0.15, 0.2) is 18.2 Å². The van der Waals surface area contributed by atoms with Crippen LogP contribution >= 0.6 is 0 Å². The summed E-state index contributed by atoms with van der Waals surface area (Å²) < 4.78 is 2.27. The largest absolute Gasteiger partial charge is 0.506 e. The number of para-hydroxylation sites is 1. The molecule has 1 aromatic carbocycles. The van der Waals surface area contributed by atoms with Gasteiger partial charge in [0.25, 0.3) is 0 Å². The van der Waals surface area contributed by atoms with E-state index in [9.17, 15) is 5.11 Å². The van der Waals surface area contributed by atoms with Gasteiger partial charge < -0.3 is 15.4 Å². The van der Waals surface area contributed by atoms with Gasteiger partial charge in [-0.1, -0.05) is 6.07 Å². The lowest BCUT2D eigenvalue weighted by Gasteiger charge is -2.29. The van der Waals surface area contributed by atoms with Crippen molar-refractivity contribution in [3.05, 3.63) is 24.0 Å². The molecule has 0 aliphatic heterocycles. The van der Waals surface area contributed by atoms with Crippen LogP contribution in [0, 0.1) is 0 Å². The Morgan fingerprint density at radius 3 is 2.88 bits per heavy atom. The molecule has 2 aromatic rings. The van der Waals surface area contributed by atoms with Crippen LogP contribution < -0.4 is 5.73 Å². The minimum absolute atomic E-state index is 0.263. The molecule has 4 nitrogen and oxygen atoms in total. The van der Waals surface area contributed by atoms with Crippen molar-refractivity contribution in [2.75, 3.05) is 6.54 Å². The standard InChI is InChI=1S/C13H17N3O/c14-8-7-12-15-13-10(5-2-6-11(13)17)16(12)9-3-1-4-9/h2,5-6,9,17H,1,3-4,7-8,14H2. The highest BCUT2D eigenvalue weighted by molar-refractivity contribution is 5.82. The molecule has 0 radical (unpaired) electrons. The van der Waals surface area contributed by atoms with E-state index in [0.717, 1.165) is 17.8 Å². The van der Waals surface area contributed by atoms with Gasteiger partial charge in [-0.25, -0.2) is 4.98 Å². The Bertz CT molecular complexity index is 543. The van der Waals surface area contributed by atoms with E-state index < -0.39 is 0 Å². The van der Waals surface area contributed by atoms with Crippen molar-refractivity contribution < 1.29 is 5.11 Å². The number of nitrogens with two attached hydrogens (primary N) is 1. The molecule has 1 aliphatic rings. The maximum atomic E-state index is 9.84. The van der Waals surface area contributed by atoms with E-state index in [1.165, 1.54) is 19.3 Å². The van der Waals surface area contributed by atoms with Gasteiger partial charge in [0.05, 0.1) is 5.52 Å². The summed E-state index contributed by atoms with van der Waals surface area (Å²) in [6.07, 6.45) is 4.47. The van der Waals surface area contributed by atoms with E-state index in [4.69, 9.17) is 5.73 Å². The monoisotopic (exact) mass is 231 g/mol. The molecular weight excluding hydrogens is 214 g/mol. The number of aromatic hydroxyl groups is 1. The quantitative estimate of drug-likeness (QED) is 0.848. The summed E-state index contributed by atoms with van der Waals surface area (Å²) in [4.78, 5) is 4.54. The summed E-state index contributed by atoms with van der Waals surface area (Å²) in [5.74, 6) is 1.27. The van der Waals surface area contributed by atoms with Gasteiger partial charge >= 0.3 is 0 Å². The number of benzene rings is 1. The first-order chi connectivity index (χ1) is 8.31. The van der Waals surface area contributed by atoms with Gasteiger partial charge in [0.1, 0.15) is 17.1 Å². The Kier molecular flexibility index (Phi) is 2.52. The fourth-order valence-corrected chi connectivity index (χ4v) is 2.51. The maximum Gasteiger partial charge on any atom is 0.143 e. The molecule has 1 aliphatic carbocycles. The summed E-state index contributed by atoms with van der Waals surface area (Å²) in [5.41, 5.74) is 7.38. The third-order valence-corrected chi connectivity index (χ3v) is 3.58. The van der Waals surface area contributed by atoms with Gasteiger partial charge in [-0.2, -0.15) is 0 Å². The van der Waals surface area contributed by atoms with Crippen LogP contribution in [0.1, 0.15) is 31.1 Å². The zero-order valence-electron chi connectivity index (χ0n) is 9.76. The second kappa shape index (κ2) is 4.04. The third-order valence-electron chi connectivity index (χ3n) is 3.58. The summed E-state index contributed by atoms with van der Waals surface area (Å²) in [6, 6.07) is 6.14. The summed E-state index contributed by atoms with van der Waals surface area (Å²) >= 11 is 0. The van der Waals surface area contributed by atoms with E-state index in [2.05, 4.69) is 9.55 Å². The van der Waals surface area contributed by atoms with Crippen molar-refractivity contribution >= 4 is 11.0 Å². The molecule has 0 saturated heterocycles. The molecular formula is C13H17N3O. The SMILES string of the molecule is NCCc1nc2c(O)cccc2n1C1CCC1. The first-order valence-electron chi connectivity index (χ1n) is 6.20. The summed E-state index contributed by atoms with van der Waals surface area (Å²) in [6.45, 7) is 0.594. The number of nitrogens with zero attached hydrogens (tertiary/aromatic N) is 2. The van der Waals surface area contributed by atoms with Crippen molar-refractivity contribution in [1.29, 1.82) is 0 Å². The molecule has 0 bridgehead atoms. The molecule has 0 amide bonds. The van der Waals surface area contributed by atoms with Crippen LogP contribution in [0.2, 0.25) is 0 Å². The summed E-state index contributed by atoms with van der Waals surface area (Å²) in [7, 11) is 0. The average Bonchev–Trinajstić information content (AvgIpc) is 2.58. The second-order valence-corrected chi connectivity index (χ2v) is 4.67. The van der Waals surface area contributed by atoms with Gasteiger partial charge in [0, 0.05) is 12.5 Å². The van der Waals surface area contributed by atoms with Crippen molar-refractivity contribution in [3.8, 4) is 5.75 Å². The van der Waals surface area contributed by atoms with Crippen LogP contribution in [0.5, 0.6) is 5.75 Å². The van der Waals surface area contributed by atoms with Crippen LogP contribution in [0.25, 0.3) is 11.0 Å². The molecule has 0 spiro atoms. The van der Waals surface area contributed by atoms with Crippen molar-refractivity contribution in [2.24, 2.45) is 5.73 Å². The number of hydrogen-bond acceptors (Lipinski definition) is 3. The number of fused-ring (bicyclic) bond motifs is 1. The number of imidazole rings is 1. The minimum atomic E-state index is 0.263. The smallest absolute Gasteiger partial charge is 0.143 e. The second-order valence-electron chi connectivity index (χ2n) is 4.67. The fraction of sp³-hybridized carbons (Fsp3) is 0.462. The van der Waals surface area contributed by atoms with Crippen molar-refractivity contribution in [1.82, 2.24) is 9.55 Å². The van der Waals surface area contributed by atoms with Crippen molar-refractivity contribution in [3.63, 3.8) is 0 Å². The average molecular weight is 231 g/mol. The van der Waals surface area contributed by atoms with E-state index in [-0.39, 0.29) is 5.75 Å². The molecule has 90 valence electrons. The van der Waals surface area contributed by atoms with E-state index >= 15 is 0 Å². The van der Waals surface area contributed by atoms with Crippen LogP contribution in [-0.4, -0.2) is 21.2 Å². The molecule has 3 N–H and O–H groups in total. The Morgan fingerprint density at radius 1 is 1.41 bits per heavy atom. The third kappa shape index (κ3) is 1.60. The maximum absolute atomic E-state index is 9.84. The van der Waals surface area contributed by atoms with E-state index in [0.29, 0.717) is 18.1 Å². The molecule has 4 heteroatoms. The molecule has 3 rings (SSSR count). The predicted molar refractivity (Wildman–Crippen MR) is 67.0 cm³/mol. The first-order valence-corrected chi connectivity index (χ1v) is 6.20. The number of hydrogen-bond donors (Lipinski definition) is 2. The number of rotatable bonds is 3. The molecule has 0 atom stereocenters. The van der Waals surface area contributed by atoms with Crippen LogP contribution in [0.4, 0.5) is 0 Å². The lowest BCUT2D eigenvalue weighted by molar-refractivity contribution is 0.313. The molecule has 17 heavy (non-hydrogen) atoms. The fourth-order valence-electron chi connectivity index (χ4n) is 2.51. The first kappa shape index (κ1) is 10.6. The highest BCUT2D eigenvalue weighted by atomic mass is 16.3. The Balaban J connectivity index is 2.19. The molecule has 1 heterocycles. The topological polar surface area (TPSA) is 64.1 Å². The lowest BCUT2D eigenvalue weighted by Crippen LogP contribution is -2.20. The van der Waals surface area contributed by atoms with Crippen LogP contribution in [0.3, 0.4) is 0 Å². The van der Waals surface area contributed by atoms with Gasteiger partial charge in [-0.3, -0.25) is 0 Å². The zero-order valence-corrected chi connectivity index (χ0v) is 9.76. The number of phenolic OH excluding ortho intramolecular Hbond substituents is 1. The van der Waals surface area contributed by atoms with E-state index in [1.807, 2.05) is 12.1 Å². The van der Waals surface area contributed by atoms with Gasteiger partial charge in [-0.05, 0) is 37.9 Å². The summed E-state index contributed by atoms with van der Waals surface area (Å²) in [5, 5.41) is 9.84. The Hall–Kier alpha value is -1.55. The Labute approximate surface area is 100 Å². The molecule has 1 aromatic heterocycles. The normalized spacial score (nSPS) is 16.3. The Morgan fingerprint density at radius 2 is 2.24 bits per heavy atom. The predicted octanol–water partition coefficient (Wildman–Crippen LogP) is 1.97. The lowest BCUT2D eigenvalue weighted by atomic mass is 9.92. The van der Waals surface area contributed by atoms with Gasteiger partial charge in [0.15, 0.2) is 0 Å². The van der Waals surface area contributed by atoms with E-state index in [1.54, 1.807) is 6.07 Å². The van der Waals surface area contributed by atoms with Crippen LogP contribution in [-0.2, 0) is 6.42 Å².